The molecule has 0 radical (unpaired) electrons. The van der Waals surface area contributed by atoms with Crippen LogP contribution in [0.3, 0.4) is 0 Å². The minimum atomic E-state index is -4.81. The van der Waals surface area contributed by atoms with Crippen LogP contribution in [0.5, 0.6) is 5.75 Å². The molecule has 0 saturated heterocycles. The number of Topliss-reactive ketones (excluding diaryl/α,β-unsaturated/α-hetero) is 1. The van der Waals surface area contributed by atoms with Gasteiger partial charge in [-0.25, -0.2) is 4.98 Å². The SMILES string of the molecule is O=C(Cn1cnc2c(nnn2-c2ccc(OC(F)(F)F)cc2)c1=O)c1ccc(Cl)cc1. The average molecular weight is 450 g/mol. The summed E-state index contributed by atoms with van der Waals surface area (Å²) in [6, 6.07) is 11.0. The molecule has 4 rings (SSSR count). The number of hydrogen-bond acceptors (Lipinski definition) is 6. The average Bonchev–Trinajstić information content (AvgIpc) is 3.15. The molecule has 0 aliphatic carbocycles. The lowest BCUT2D eigenvalue weighted by molar-refractivity contribution is -0.274. The number of carbonyl (C=O) groups excluding carboxylic acids is 1. The van der Waals surface area contributed by atoms with Crippen molar-refractivity contribution in [2.24, 2.45) is 0 Å². The fourth-order valence-corrected chi connectivity index (χ4v) is 2.93. The molecule has 0 atom stereocenters. The molecule has 8 nitrogen and oxygen atoms in total. The number of nitrogens with zero attached hydrogens (tertiary/aromatic N) is 5. The molecule has 0 aliphatic heterocycles. The monoisotopic (exact) mass is 449 g/mol. The molecule has 0 bridgehead atoms. The Morgan fingerprint density at radius 3 is 2.39 bits per heavy atom. The largest absolute Gasteiger partial charge is 0.573 e. The van der Waals surface area contributed by atoms with Gasteiger partial charge in [-0.2, -0.15) is 4.68 Å². The van der Waals surface area contributed by atoms with Crippen molar-refractivity contribution in [1.29, 1.82) is 0 Å². The minimum absolute atomic E-state index is 0.0877. The molecule has 4 aromatic rings. The normalized spacial score (nSPS) is 11.6. The highest BCUT2D eigenvalue weighted by molar-refractivity contribution is 6.30. The topological polar surface area (TPSA) is 91.9 Å². The second-order valence-electron chi connectivity index (χ2n) is 6.32. The Labute approximate surface area is 176 Å². The number of alkyl halides is 3. The summed E-state index contributed by atoms with van der Waals surface area (Å²) in [5.41, 5.74) is 0.0995. The van der Waals surface area contributed by atoms with Gasteiger partial charge in [0.1, 0.15) is 12.1 Å². The zero-order valence-corrected chi connectivity index (χ0v) is 16.1. The maximum atomic E-state index is 12.7. The summed E-state index contributed by atoms with van der Waals surface area (Å²) in [5, 5.41) is 8.13. The maximum Gasteiger partial charge on any atom is 0.573 e. The molecule has 12 heteroatoms. The van der Waals surface area contributed by atoms with Gasteiger partial charge in [0, 0.05) is 10.6 Å². The quantitative estimate of drug-likeness (QED) is 0.434. The summed E-state index contributed by atoms with van der Waals surface area (Å²) in [5.74, 6) is -0.732. The van der Waals surface area contributed by atoms with E-state index in [-0.39, 0.29) is 23.5 Å². The number of ether oxygens (including phenoxy) is 1. The van der Waals surface area contributed by atoms with Crippen LogP contribution in [0.1, 0.15) is 10.4 Å². The highest BCUT2D eigenvalue weighted by Crippen LogP contribution is 2.24. The molecule has 0 aliphatic rings. The van der Waals surface area contributed by atoms with Crippen molar-refractivity contribution < 1.29 is 22.7 Å². The summed E-state index contributed by atoms with van der Waals surface area (Å²) in [6.45, 7) is -0.264. The Morgan fingerprint density at radius 1 is 1.06 bits per heavy atom. The number of aromatic nitrogens is 5. The Kier molecular flexibility index (Phi) is 5.19. The summed E-state index contributed by atoms with van der Waals surface area (Å²) in [6.07, 6.45) is -3.63. The third-order valence-electron chi connectivity index (χ3n) is 4.22. The van der Waals surface area contributed by atoms with Crippen molar-refractivity contribution in [1.82, 2.24) is 24.5 Å². The first-order chi connectivity index (χ1) is 14.7. The van der Waals surface area contributed by atoms with E-state index in [4.69, 9.17) is 11.6 Å². The number of carbonyl (C=O) groups is 1. The fraction of sp³-hybridized carbons (Fsp3) is 0.105. The van der Waals surface area contributed by atoms with Gasteiger partial charge in [-0.15, -0.1) is 18.3 Å². The van der Waals surface area contributed by atoms with E-state index < -0.39 is 17.7 Å². The van der Waals surface area contributed by atoms with Gasteiger partial charge in [-0.3, -0.25) is 14.2 Å². The maximum absolute atomic E-state index is 12.7. The lowest BCUT2D eigenvalue weighted by Gasteiger charge is -2.09. The standard InChI is InChI=1S/C19H11ClF3N5O3/c20-12-3-1-11(2-4-12)15(29)9-27-10-24-17-16(18(27)30)25-26-28(17)13-5-7-14(8-6-13)31-19(21,22)23/h1-8,10H,9H2. The van der Waals surface area contributed by atoms with E-state index in [2.05, 4.69) is 20.0 Å². The lowest BCUT2D eigenvalue weighted by atomic mass is 10.1. The molecule has 0 amide bonds. The minimum Gasteiger partial charge on any atom is -0.406 e. The summed E-state index contributed by atoms with van der Waals surface area (Å²) >= 11 is 5.81. The molecule has 2 heterocycles. The highest BCUT2D eigenvalue weighted by Gasteiger charge is 2.31. The molecule has 0 saturated carbocycles. The van der Waals surface area contributed by atoms with E-state index in [1.165, 1.54) is 23.1 Å². The van der Waals surface area contributed by atoms with Crippen molar-refractivity contribution >= 4 is 28.5 Å². The van der Waals surface area contributed by atoms with Crippen LogP contribution >= 0.6 is 11.6 Å². The predicted molar refractivity (Wildman–Crippen MR) is 103 cm³/mol. The van der Waals surface area contributed by atoms with E-state index in [0.717, 1.165) is 16.7 Å². The van der Waals surface area contributed by atoms with Gasteiger partial charge in [0.05, 0.1) is 12.2 Å². The Balaban J connectivity index is 1.61. The molecule has 2 aromatic carbocycles. The number of ketones is 1. The van der Waals surface area contributed by atoms with Crippen LogP contribution in [0.4, 0.5) is 13.2 Å². The van der Waals surface area contributed by atoms with E-state index in [1.54, 1.807) is 24.3 Å². The molecule has 0 fully saturated rings. The summed E-state index contributed by atoms with van der Waals surface area (Å²) < 4.78 is 43.0. The number of benzene rings is 2. The highest BCUT2D eigenvalue weighted by atomic mass is 35.5. The number of halogens is 4. The van der Waals surface area contributed by atoms with Gasteiger partial charge >= 0.3 is 6.36 Å². The van der Waals surface area contributed by atoms with Gasteiger partial charge in [0.25, 0.3) is 5.56 Å². The second kappa shape index (κ2) is 7.84. The summed E-state index contributed by atoms with van der Waals surface area (Å²) in [4.78, 5) is 29.2. The fourth-order valence-electron chi connectivity index (χ4n) is 2.80. The number of rotatable bonds is 5. The lowest BCUT2D eigenvalue weighted by Crippen LogP contribution is -2.25. The third kappa shape index (κ3) is 4.40. The van der Waals surface area contributed by atoms with Crippen LogP contribution in [-0.2, 0) is 6.54 Å². The van der Waals surface area contributed by atoms with Crippen molar-refractivity contribution in [3.05, 3.63) is 75.8 Å². The first kappa shape index (κ1) is 20.5. The molecule has 31 heavy (non-hydrogen) atoms. The van der Waals surface area contributed by atoms with Gasteiger partial charge in [-0.1, -0.05) is 16.8 Å². The van der Waals surface area contributed by atoms with Crippen LogP contribution < -0.4 is 10.3 Å². The van der Waals surface area contributed by atoms with Crippen LogP contribution in [0.15, 0.2) is 59.7 Å². The van der Waals surface area contributed by atoms with Crippen LogP contribution in [0, 0.1) is 0 Å². The van der Waals surface area contributed by atoms with Crippen molar-refractivity contribution in [3.8, 4) is 11.4 Å². The summed E-state index contributed by atoms with van der Waals surface area (Å²) in [7, 11) is 0. The Bertz CT molecular complexity index is 1320. The van der Waals surface area contributed by atoms with Crippen molar-refractivity contribution in [2.75, 3.05) is 0 Å². The van der Waals surface area contributed by atoms with Crippen LogP contribution in [-0.4, -0.2) is 36.7 Å². The molecule has 0 N–H and O–H groups in total. The molecular formula is C19H11ClF3N5O3. The van der Waals surface area contributed by atoms with Crippen molar-refractivity contribution in [3.63, 3.8) is 0 Å². The second-order valence-corrected chi connectivity index (χ2v) is 6.76. The Hall–Kier alpha value is -3.73. The third-order valence-corrected chi connectivity index (χ3v) is 4.48. The number of fused-ring (bicyclic) bond motifs is 1. The smallest absolute Gasteiger partial charge is 0.406 e. The van der Waals surface area contributed by atoms with Crippen molar-refractivity contribution in [2.45, 2.75) is 12.9 Å². The van der Waals surface area contributed by atoms with E-state index in [0.29, 0.717) is 16.3 Å². The molecule has 0 unspecified atom stereocenters. The molecule has 0 spiro atoms. The first-order valence-corrected chi connectivity index (χ1v) is 9.05. The molecule has 158 valence electrons. The van der Waals surface area contributed by atoms with E-state index >= 15 is 0 Å². The van der Waals surface area contributed by atoms with Gasteiger partial charge in [0.2, 0.25) is 0 Å². The van der Waals surface area contributed by atoms with E-state index in [1.807, 2.05) is 0 Å². The van der Waals surface area contributed by atoms with Gasteiger partial charge in [-0.05, 0) is 48.5 Å². The van der Waals surface area contributed by atoms with Crippen LogP contribution in [0.2, 0.25) is 5.02 Å². The van der Waals surface area contributed by atoms with Gasteiger partial charge < -0.3 is 4.74 Å². The zero-order valence-electron chi connectivity index (χ0n) is 15.4. The molecule has 2 aromatic heterocycles. The van der Waals surface area contributed by atoms with Crippen LogP contribution in [0.25, 0.3) is 16.9 Å². The Morgan fingerprint density at radius 2 is 1.74 bits per heavy atom. The van der Waals surface area contributed by atoms with Gasteiger partial charge in [0.15, 0.2) is 16.9 Å². The zero-order chi connectivity index (χ0) is 22.2. The number of hydrogen-bond donors (Lipinski definition) is 0. The first-order valence-electron chi connectivity index (χ1n) is 8.67. The molecular weight excluding hydrogens is 439 g/mol. The predicted octanol–water partition coefficient (Wildman–Crippen LogP) is 3.41. The van der Waals surface area contributed by atoms with E-state index in [9.17, 15) is 22.8 Å².